The quantitative estimate of drug-likeness (QED) is 0.134. The van der Waals surface area contributed by atoms with Crippen LogP contribution < -0.4 is 25.8 Å². The minimum atomic E-state index is -0.487. The van der Waals surface area contributed by atoms with Crippen LogP contribution in [0.15, 0.2) is 90.0 Å². The minimum absolute atomic E-state index is 0.0824. The maximum Gasteiger partial charge on any atom is 0.339 e. The fraction of sp³-hybridized carbons (Fsp3) is 0.212. The summed E-state index contributed by atoms with van der Waals surface area (Å²) in [7, 11) is 4.68. The third-order valence-corrected chi connectivity index (χ3v) is 7.94. The molecule has 1 aliphatic carbocycles. The summed E-state index contributed by atoms with van der Waals surface area (Å²) >= 11 is 0. The fourth-order valence-corrected chi connectivity index (χ4v) is 5.29. The number of anilines is 2. The van der Waals surface area contributed by atoms with E-state index in [0.29, 0.717) is 34.3 Å². The molecule has 1 saturated carbocycles. The summed E-state index contributed by atoms with van der Waals surface area (Å²) in [6.45, 7) is 0.190. The van der Waals surface area contributed by atoms with Crippen molar-refractivity contribution in [2.75, 3.05) is 38.4 Å². The predicted octanol–water partition coefficient (Wildman–Crippen LogP) is 4.72. The summed E-state index contributed by atoms with van der Waals surface area (Å²) in [5, 5.41) is 12.6. The first-order chi connectivity index (χ1) is 22.1. The highest BCUT2D eigenvalue weighted by molar-refractivity contribution is 6.02. The molecule has 1 amide bonds. The van der Waals surface area contributed by atoms with E-state index >= 15 is 0 Å². The molecule has 0 radical (unpaired) electrons. The summed E-state index contributed by atoms with van der Waals surface area (Å²) in [4.78, 5) is 37.1. The molecule has 5 aromatic rings. The lowest BCUT2D eigenvalue weighted by Crippen LogP contribution is -2.40. The molecule has 1 fully saturated rings. The van der Waals surface area contributed by atoms with Crippen LogP contribution in [0.25, 0.3) is 22.5 Å². The third kappa shape index (κ3) is 5.93. The zero-order chi connectivity index (χ0) is 32.6. The zero-order valence-corrected chi connectivity index (χ0v) is 25.5. The number of fused-ring (bicyclic) bond motifs is 1. The Morgan fingerprint density at radius 2 is 1.83 bits per heavy atom. The van der Waals surface area contributed by atoms with E-state index in [-0.39, 0.29) is 35.5 Å². The molecule has 1 atom stereocenters. The van der Waals surface area contributed by atoms with E-state index in [0.717, 1.165) is 12.8 Å². The van der Waals surface area contributed by atoms with E-state index in [1.165, 1.54) is 45.7 Å². The number of carbonyl (C=O) groups is 1. The molecule has 1 unspecified atom stereocenters. The zero-order valence-electron chi connectivity index (χ0n) is 25.5. The van der Waals surface area contributed by atoms with Gasteiger partial charge in [-0.3, -0.25) is 9.36 Å². The number of quaternary nitrogens is 1. The largest absolute Gasteiger partial charge is 0.633 e. The van der Waals surface area contributed by atoms with Gasteiger partial charge in [0.2, 0.25) is 0 Å². The number of amides is 1. The number of hydrogen-bond acceptors (Lipinski definition) is 8. The number of carbonyl (C=O) groups excluding carboxylic acids is 1. The lowest BCUT2D eigenvalue weighted by Gasteiger charge is -2.38. The van der Waals surface area contributed by atoms with Gasteiger partial charge < -0.3 is 30.0 Å². The van der Waals surface area contributed by atoms with Gasteiger partial charge in [0.25, 0.3) is 5.91 Å². The Labute approximate surface area is 263 Å². The molecule has 13 heteroatoms. The van der Waals surface area contributed by atoms with Crippen LogP contribution in [-0.2, 0) is 4.79 Å². The molecule has 2 aromatic heterocycles. The number of halogens is 1. The summed E-state index contributed by atoms with van der Waals surface area (Å²) in [6, 6.07) is 17.4. The number of ether oxygens (including phenoxy) is 2. The van der Waals surface area contributed by atoms with E-state index < -0.39 is 16.2 Å². The molecule has 0 saturated heterocycles. The van der Waals surface area contributed by atoms with Crippen LogP contribution >= 0.6 is 0 Å². The van der Waals surface area contributed by atoms with Gasteiger partial charge in [0.05, 0.1) is 43.8 Å². The van der Waals surface area contributed by atoms with Gasteiger partial charge in [-0.15, -0.1) is 0 Å². The molecule has 12 nitrogen and oxygen atoms in total. The van der Waals surface area contributed by atoms with Gasteiger partial charge in [0.1, 0.15) is 34.9 Å². The highest BCUT2D eigenvalue weighted by Gasteiger charge is 2.34. The second-order valence-corrected chi connectivity index (χ2v) is 11.2. The highest BCUT2D eigenvalue weighted by atomic mass is 19.1. The molecule has 46 heavy (non-hydrogen) atoms. The van der Waals surface area contributed by atoms with E-state index in [2.05, 4.69) is 9.97 Å². The topological polar surface area (TPSA) is 141 Å². The number of methoxy groups -OCH3 is 1. The molecular formula is C33H32FN7O5. The molecule has 2 heterocycles. The number of nitrogens with zero attached hydrogens (tertiary/aromatic N) is 6. The predicted molar refractivity (Wildman–Crippen MR) is 172 cm³/mol. The van der Waals surface area contributed by atoms with Crippen LogP contribution in [0, 0.1) is 11.0 Å². The Kier molecular flexibility index (Phi) is 8.02. The normalized spacial score (nSPS) is 14.4. The van der Waals surface area contributed by atoms with Crippen LogP contribution in [0.1, 0.15) is 12.8 Å². The summed E-state index contributed by atoms with van der Waals surface area (Å²) < 4.78 is 27.2. The average molecular weight is 626 g/mol. The van der Waals surface area contributed by atoms with Gasteiger partial charge in [-0.05, 0) is 60.7 Å². The number of aromatic nitrogens is 4. The van der Waals surface area contributed by atoms with E-state index in [4.69, 9.17) is 15.2 Å². The fourth-order valence-electron chi connectivity index (χ4n) is 5.29. The van der Waals surface area contributed by atoms with Gasteiger partial charge in [-0.2, -0.15) is 0 Å². The first-order valence-electron chi connectivity index (χ1n) is 14.5. The van der Waals surface area contributed by atoms with Crippen LogP contribution in [0.2, 0.25) is 0 Å². The Bertz CT molecular complexity index is 2020. The van der Waals surface area contributed by atoms with Crippen molar-refractivity contribution in [2.24, 2.45) is 0 Å². The number of hydroxylamine groups is 3. The van der Waals surface area contributed by atoms with Crippen molar-refractivity contribution in [3.8, 4) is 28.6 Å². The number of nitrogen functional groups attached to an aromatic ring is 1. The maximum absolute atomic E-state index is 14.1. The number of hydrogen-bond donors (Lipinski definition) is 1. The Balaban J connectivity index is 1.36. The van der Waals surface area contributed by atoms with Gasteiger partial charge in [0, 0.05) is 32.0 Å². The van der Waals surface area contributed by atoms with Crippen LogP contribution in [0.5, 0.6) is 17.2 Å². The van der Waals surface area contributed by atoms with Crippen molar-refractivity contribution in [3.05, 3.63) is 107 Å². The van der Waals surface area contributed by atoms with Crippen molar-refractivity contribution in [3.63, 3.8) is 0 Å². The lowest BCUT2D eigenvalue weighted by molar-refractivity contribution is -0.865. The average Bonchev–Trinajstić information content (AvgIpc) is 3.86. The van der Waals surface area contributed by atoms with Crippen molar-refractivity contribution in [2.45, 2.75) is 18.9 Å². The van der Waals surface area contributed by atoms with E-state index in [9.17, 15) is 19.2 Å². The van der Waals surface area contributed by atoms with Crippen LogP contribution in [0.4, 0.5) is 15.9 Å². The molecule has 6 rings (SSSR count). The first-order valence-corrected chi connectivity index (χ1v) is 14.5. The number of imidazole rings is 1. The summed E-state index contributed by atoms with van der Waals surface area (Å²) in [5.74, 6) is 0.455. The minimum Gasteiger partial charge on any atom is -0.633 e. The van der Waals surface area contributed by atoms with E-state index in [1.807, 2.05) is 0 Å². The van der Waals surface area contributed by atoms with Gasteiger partial charge in [-0.1, -0.05) is 6.07 Å². The second kappa shape index (κ2) is 12.1. The summed E-state index contributed by atoms with van der Waals surface area (Å²) in [6.07, 6.45) is 6.02. The monoisotopic (exact) mass is 625 g/mol. The Morgan fingerprint density at radius 3 is 2.52 bits per heavy atom. The SMILES string of the molecule is COc1ccc(-n2c(=O)n(-c3ccc(Oc4cccc(F)c4)cc3)c3c(N)ncnc32)cc1N(C)C(=O)/C=C/C[N+](C)([O-])C1CC1. The third-order valence-electron chi connectivity index (χ3n) is 7.94. The molecule has 0 aliphatic heterocycles. The van der Waals surface area contributed by atoms with Crippen molar-refractivity contribution >= 4 is 28.6 Å². The highest BCUT2D eigenvalue weighted by Crippen LogP contribution is 2.33. The number of rotatable bonds is 10. The van der Waals surface area contributed by atoms with Crippen LogP contribution in [0.3, 0.4) is 0 Å². The number of nitrogens with two attached hydrogens (primary N) is 1. The molecule has 2 N–H and O–H groups in total. The van der Waals surface area contributed by atoms with Crippen molar-refractivity contribution < 1.29 is 23.3 Å². The molecule has 3 aromatic carbocycles. The second-order valence-electron chi connectivity index (χ2n) is 11.2. The maximum atomic E-state index is 14.1. The standard InChI is InChI=1S/C33H32FN7O5/c1-38(29(42)8-5-17-41(2,44)24-12-13-24)27-19-23(11-16-28(27)45-3)40-32-30(31(35)36-20-37-32)39(33(40)43)22-9-14-25(15-10-22)46-26-7-4-6-21(34)18-26/h4-11,14-16,18-20,24H,12-13,17H2,1-3H3,(H2,35,36,37)/b8-5+. The van der Waals surface area contributed by atoms with Crippen LogP contribution in [-0.4, -0.2) is 63.4 Å². The smallest absolute Gasteiger partial charge is 0.339 e. The van der Waals surface area contributed by atoms with Crippen molar-refractivity contribution in [1.29, 1.82) is 0 Å². The van der Waals surface area contributed by atoms with Gasteiger partial charge >= 0.3 is 5.69 Å². The molecule has 1 aliphatic rings. The van der Waals surface area contributed by atoms with Crippen molar-refractivity contribution in [1.82, 2.24) is 19.1 Å². The number of likely N-dealkylation sites (N-methyl/N-ethyl adjacent to an activating group) is 2. The molecule has 0 spiro atoms. The van der Waals surface area contributed by atoms with Gasteiger partial charge in [0.15, 0.2) is 11.5 Å². The summed E-state index contributed by atoms with van der Waals surface area (Å²) in [5.41, 5.74) is 7.57. The lowest BCUT2D eigenvalue weighted by atomic mass is 10.2. The Hall–Kier alpha value is -5.53. The molecule has 0 bridgehead atoms. The number of benzene rings is 3. The first kappa shape index (κ1) is 30.5. The molecule has 236 valence electrons. The van der Waals surface area contributed by atoms with E-state index in [1.54, 1.807) is 74.8 Å². The molecular weight excluding hydrogens is 593 g/mol. The van der Waals surface area contributed by atoms with Gasteiger partial charge in [-0.25, -0.2) is 23.7 Å². The Morgan fingerprint density at radius 1 is 1.09 bits per heavy atom.